The number of phosphoric acid groups is 1. The highest BCUT2D eigenvalue weighted by Gasteiger charge is 2.51. The van der Waals surface area contributed by atoms with Crippen LogP contribution in [0.4, 0.5) is 11.8 Å². The number of anilines is 2. The molecule has 2 saturated heterocycles. The van der Waals surface area contributed by atoms with Crippen LogP contribution in [0.2, 0.25) is 0 Å². The zero-order valence-electron chi connectivity index (χ0n) is 23.2. The lowest BCUT2D eigenvalue weighted by molar-refractivity contribution is -0.0664. The van der Waals surface area contributed by atoms with Gasteiger partial charge in [-0.1, -0.05) is 0 Å². The Balaban J connectivity index is 1.21. The largest absolute Gasteiger partial charge is 0.534 e. The summed E-state index contributed by atoms with van der Waals surface area (Å²) in [5.41, 5.74) is 10.9. The number of aliphatic hydroxyl groups is 3. The van der Waals surface area contributed by atoms with Crippen LogP contribution in [0.25, 0.3) is 22.3 Å². The summed E-state index contributed by atoms with van der Waals surface area (Å²) in [5, 5.41) is 31.5. The topological polar surface area (TPSA) is 341 Å². The Morgan fingerprint density at radius 3 is 2.37 bits per heavy atom. The van der Waals surface area contributed by atoms with Gasteiger partial charge in [-0.2, -0.15) is 9.88 Å². The fraction of sp³-hybridized carbons (Fsp3) is 0.524. The van der Waals surface area contributed by atoms with Gasteiger partial charge >= 0.3 is 15.9 Å². The maximum atomic E-state index is 13.2. The van der Waals surface area contributed by atoms with E-state index >= 15 is 0 Å². The number of aliphatic hydroxyl groups excluding tert-OH is 3. The number of nitrogens with zero attached hydrogens (tertiary/aromatic N) is 7. The molecule has 4 aromatic heterocycles. The molecule has 0 bridgehead atoms. The van der Waals surface area contributed by atoms with Crippen molar-refractivity contribution in [1.29, 1.82) is 0 Å². The molecular formula is C21H27N10O13P2+. The molecule has 2 aliphatic heterocycles. The third-order valence-electron chi connectivity index (χ3n) is 7.23. The van der Waals surface area contributed by atoms with Crippen molar-refractivity contribution >= 4 is 49.9 Å². The fourth-order valence-electron chi connectivity index (χ4n) is 5.15. The summed E-state index contributed by atoms with van der Waals surface area (Å²) < 4.78 is 54.3. The van der Waals surface area contributed by atoms with Crippen molar-refractivity contribution in [3.63, 3.8) is 0 Å². The van der Waals surface area contributed by atoms with E-state index in [1.54, 1.807) is 0 Å². The molecule has 4 aromatic rings. The maximum Gasteiger partial charge on any atom is 0.534 e. The summed E-state index contributed by atoms with van der Waals surface area (Å²) in [4.78, 5) is 54.5. The molecule has 0 aliphatic carbocycles. The van der Waals surface area contributed by atoms with Crippen molar-refractivity contribution in [3.05, 3.63) is 29.3 Å². The minimum absolute atomic E-state index is 0.0333. The summed E-state index contributed by atoms with van der Waals surface area (Å²) in [7, 11) is -7.93. The van der Waals surface area contributed by atoms with Crippen LogP contribution in [0.1, 0.15) is 12.5 Å². The highest BCUT2D eigenvalue weighted by Crippen LogP contribution is 2.50. The number of aromatic amines is 1. The normalized spacial score (nSPS) is 29.9. The van der Waals surface area contributed by atoms with Crippen molar-refractivity contribution in [1.82, 2.24) is 39.0 Å². The molecule has 2 fully saturated rings. The lowest BCUT2D eigenvalue weighted by Gasteiger charge is -2.25. The molecule has 248 valence electrons. The average molecular weight is 689 g/mol. The van der Waals surface area contributed by atoms with Gasteiger partial charge in [0, 0.05) is 0 Å². The molecule has 0 amide bonds. The van der Waals surface area contributed by atoms with Crippen LogP contribution < -0.4 is 17.0 Å². The van der Waals surface area contributed by atoms with E-state index in [0.29, 0.717) is 0 Å². The van der Waals surface area contributed by atoms with E-state index < -0.39 is 90.1 Å². The summed E-state index contributed by atoms with van der Waals surface area (Å²) in [5.74, 6) is -0.225. The Bertz CT molecular complexity index is 1870. The third-order valence-corrected chi connectivity index (χ3v) is 8.58. The van der Waals surface area contributed by atoms with Gasteiger partial charge in [-0.05, 0) is 4.57 Å². The van der Waals surface area contributed by atoms with E-state index in [1.807, 2.05) is 0 Å². The molecule has 6 heterocycles. The number of rotatable bonds is 11. The second-order valence-corrected chi connectivity index (χ2v) is 12.5. The maximum absolute atomic E-state index is 13.2. The lowest BCUT2D eigenvalue weighted by Crippen LogP contribution is -2.36. The minimum atomic E-state index is -5.11. The molecule has 10 atom stereocenters. The van der Waals surface area contributed by atoms with Gasteiger partial charge in [0.25, 0.3) is 11.9 Å². The van der Waals surface area contributed by atoms with Gasteiger partial charge in [0.05, 0.1) is 25.9 Å². The van der Waals surface area contributed by atoms with Crippen LogP contribution >= 0.6 is 15.9 Å². The lowest BCUT2D eigenvalue weighted by atomic mass is 10.1. The molecule has 6 rings (SSSR count). The van der Waals surface area contributed by atoms with Gasteiger partial charge in [-0.15, -0.1) is 0 Å². The van der Waals surface area contributed by atoms with Gasteiger partial charge in [0.2, 0.25) is 5.95 Å². The van der Waals surface area contributed by atoms with Crippen molar-refractivity contribution < 1.29 is 57.5 Å². The van der Waals surface area contributed by atoms with Crippen molar-refractivity contribution in [2.75, 3.05) is 31.0 Å². The average Bonchev–Trinajstić information content (AvgIpc) is 3.76. The van der Waals surface area contributed by atoms with E-state index in [2.05, 4.69) is 29.9 Å². The van der Waals surface area contributed by atoms with E-state index in [9.17, 15) is 39.0 Å². The zero-order valence-corrected chi connectivity index (χ0v) is 24.9. The first-order valence-corrected chi connectivity index (χ1v) is 16.1. The van der Waals surface area contributed by atoms with Crippen LogP contribution in [0.15, 0.2) is 23.8 Å². The number of aromatic nitrogens is 8. The van der Waals surface area contributed by atoms with E-state index in [-0.39, 0.29) is 34.1 Å². The molecule has 3 unspecified atom stereocenters. The molecule has 2 aliphatic rings. The summed E-state index contributed by atoms with van der Waals surface area (Å²) >= 11 is 0. The zero-order chi connectivity index (χ0) is 32.9. The first-order chi connectivity index (χ1) is 21.9. The Hall–Kier alpha value is -3.57. The van der Waals surface area contributed by atoms with E-state index in [0.717, 1.165) is 12.7 Å². The Labute approximate surface area is 256 Å². The van der Waals surface area contributed by atoms with Crippen molar-refractivity contribution in [3.8, 4) is 0 Å². The molecule has 46 heavy (non-hydrogen) atoms. The number of imidazole rings is 2. The Morgan fingerprint density at radius 2 is 1.65 bits per heavy atom. The minimum Gasteiger partial charge on any atom is -0.394 e. The predicted octanol–water partition coefficient (Wildman–Crippen LogP) is -2.79. The standard InChI is InChI=1S/C21H26N10O13P2/c22-15-9-16(25-3-24-15)30(4-26-9)20-14(11(33)7(1-32)42-20)44-46(38,39)41-2-8-12(34)13(40-6-45(36)37)19(43-8)31-5-27-10-17(31)28-21(23)29-18(10)35/h3-5,7-8,11-14,19-20,32-34H,1-2,6H2,(H6-,22,23,24,25,28,29,35,36,37,38,39)/p+1/t7-,8-,11+,12+,13?,14+,19-,20-/m1/s1. The number of hydrogen-bond donors (Lipinski definition) is 8. The number of phosphoric ester groups is 1. The van der Waals surface area contributed by atoms with Gasteiger partial charge in [-0.25, -0.2) is 24.5 Å². The molecule has 10 N–H and O–H groups in total. The molecular weight excluding hydrogens is 662 g/mol. The molecule has 0 spiro atoms. The molecule has 0 aromatic carbocycles. The quantitative estimate of drug-likeness (QED) is 0.0738. The third kappa shape index (κ3) is 5.99. The first-order valence-electron chi connectivity index (χ1n) is 13.2. The Morgan fingerprint density at radius 1 is 1.00 bits per heavy atom. The van der Waals surface area contributed by atoms with Crippen molar-refractivity contribution in [2.45, 2.75) is 49.1 Å². The van der Waals surface area contributed by atoms with Gasteiger partial charge in [0.15, 0.2) is 35.1 Å². The van der Waals surface area contributed by atoms with E-state index in [1.165, 1.54) is 15.5 Å². The van der Waals surface area contributed by atoms with E-state index in [4.69, 9.17) is 34.7 Å². The predicted molar refractivity (Wildman–Crippen MR) is 149 cm³/mol. The van der Waals surface area contributed by atoms with Crippen LogP contribution in [0.5, 0.6) is 0 Å². The van der Waals surface area contributed by atoms with Crippen LogP contribution in [0.3, 0.4) is 0 Å². The Kier molecular flexibility index (Phi) is 8.84. The number of nitrogens with two attached hydrogens (primary N) is 2. The SMILES string of the molecule is Nc1nc2c(ncn2[C@@H]2O[C@H](COP(=O)(O)O[C@H]3[C@@H](O)[C@@H](CO)O[C@H]3n3cnc4c(N)ncnc43)[C@H](O)C2OC[P+](=O)O)c(=O)[nH]1. The summed E-state index contributed by atoms with van der Waals surface area (Å²) in [6.07, 6.45) is -8.83. The summed E-state index contributed by atoms with van der Waals surface area (Å²) in [6.45, 7) is -1.49. The number of H-pyrrole nitrogens is 1. The summed E-state index contributed by atoms with van der Waals surface area (Å²) in [6, 6.07) is 0. The van der Waals surface area contributed by atoms with Gasteiger partial charge in [-0.3, -0.25) is 28.0 Å². The number of nitrogens with one attached hydrogen (secondary N) is 1. The van der Waals surface area contributed by atoms with Crippen LogP contribution in [-0.2, 0) is 32.4 Å². The molecule has 23 nitrogen and oxygen atoms in total. The number of fused-ring (bicyclic) bond motifs is 2. The fourth-order valence-corrected chi connectivity index (χ4v) is 6.39. The number of ether oxygens (including phenoxy) is 3. The highest BCUT2D eigenvalue weighted by molar-refractivity contribution is 7.47. The highest BCUT2D eigenvalue weighted by atomic mass is 31.2. The molecule has 25 heteroatoms. The van der Waals surface area contributed by atoms with Crippen LogP contribution in [0, 0.1) is 0 Å². The second kappa shape index (κ2) is 12.6. The van der Waals surface area contributed by atoms with Crippen molar-refractivity contribution in [2.24, 2.45) is 0 Å². The number of nitrogen functional groups attached to an aromatic ring is 2. The second-order valence-electron chi connectivity index (χ2n) is 10.1. The van der Waals surface area contributed by atoms with Crippen LogP contribution in [-0.4, -0.2) is 120 Å². The molecule has 0 saturated carbocycles. The number of hydrogen-bond acceptors (Lipinski definition) is 18. The van der Waals surface area contributed by atoms with Gasteiger partial charge < -0.3 is 45.9 Å². The first kappa shape index (κ1) is 32.4. The monoisotopic (exact) mass is 689 g/mol. The van der Waals surface area contributed by atoms with Gasteiger partial charge in [0.1, 0.15) is 48.5 Å². The molecule has 0 radical (unpaired) electrons. The smallest absolute Gasteiger partial charge is 0.394 e.